The molecule has 0 radical (unpaired) electrons. The average Bonchev–Trinajstić information content (AvgIpc) is 2.01. The molecule has 1 rings (SSSR count). The van der Waals surface area contributed by atoms with Gasteiger partial charge >= 0.3 is 0 Å². The van der Waals surface area contributed by atoms with Crippen molar-refractivity contribution in [2.45, 2.75) is 39.7 Å². The number of hydrogen-bond acceptors (Lipinski definition) is 2. The lowest BCUT2D eigenvalue weighted by Gasteiger charge is -2.08. The summed E-state index contributed by atoms with van der Waals surface area (Å²) in [7, 11) is 0. The summed E-state index contributed by atoms with van der Waals surface area (Å²) in [6.07, 6.45) is 3.87. The molecule has 0 unspecified atom stereocenters. The molecule has 14 heavy (non-hydrogen) atoms. The fourth-order valence-electron chi connectivity index (χ4n) is 1.56. The molecule has 0 aromatic carbocycles. The highest BCUT2D eigenvalue weighted by Gasteiger charge is 2.02. The predicted molar refractivity (Wildman–Crippen MR) is 60.1 cm³/mol. The lowest BCUT2D eigenvalue weighted by Crippen LogP contribution is -2.17. The van der Waals surface area contributed by atoms with E-state index in [1.807, 2.05) is 19.2 Å². The topological polar surface area (TPSA) is 38.9 Å². The molecule has 0 aliphatic heterocycles. The van der Waals surface area contributed by atoms with Crippen molar-refractivity contribution >= 4 is 0 Å². The van der Waals surface area contributed by atoms with Crippen LogP contribution in [-0.2, 0) is 12.8 Å². The Kier molecular flexibility index (Phi) is 4.08. The van der Waals surface area contributed by atoms with E-state index in [0.29, 0.717) is 5.92 Å². The highest BCUT2D eigenvalue weighted by Crippen LogP contribution is 2.08. The third-order valence-electron chi connectivity index (χ3n) is 2.06. The quantitative estimate of drug-likeness (QED) is 0.794. The minimum Gasteiger partial charge on any atom is -0.328 e. The summed E-state index contributed by atoms with van der Waals surface area (Å²) < 4.78 is 0. The van der Waals surface area contributed by atoms with Crippen LogP contribution in [0.3, 0.4) is 0 Å². The van der Waals surface area contributed by atoms with E-state index in [0.717, 1.165) is 12.8 Å². The Hall–Kier alpha value is -0.890. The van der Waals surface area contributed by atoms with Crippen LogP contribution in [0.15, 0.2) is 18.3 Å². The minimum atomic E-state index is 0.226. The largest absolute Gasteiger partial charge is 0.328 e. The molecule has 0 saturated carbocycles. The summed E-state index contributed by atoms with van der Waals surface area (Å²) in [5.41, 5.74) is 8.23. The van der Waals surface area contributed by atoms with Gasteiger partial charge in [-0.1, -0.05) is 13.8 Å². The molecule has 78 valence electrons. The molecule has 0 aliphatic rings. The van der Waals surface area contributed by atoms with Crippen LogP contribution in [-0.4, -0.2) is 11.0 Å². The van der Waals surface area contributed by atoms with E-state index in [4.69, 9.17) is 5.73 Å². The molecule has 2 heteroatoms. The van der Waals surface area contributed by atoms with Crippen molar-refractivity contribution in [3.05, 3.63) is 29.6 Å². The van der Waals surface area contributed by atoms with E-state index in [1.54, 1.807) is 0 Å². The Morgan fingerprint density at radius 1 is 1.29 bits per heavy atom. The summed E-state index contributed by atoms with van der Waals surface area (Å²) in [4.78, 5) is 4.35. The molecule has 1 atom stereocenters. The Morgan fingerprint density at radius 3 is 2.57 bits per heavy atom. The van der Waals surface area contributed by atoms with Gasteiger partial charge in [0.1, 0.15) is 0 Å². The fraction of sp³-hybridized carbons (Fsp3) is 0.583. The predicted octanol–water partition coefficient (Wildman–Crippen LogP) is 2.17. The third-order valence-corrected chi connectivity index (χ3v) is 2.06. The second kappa shape index (κ2) is 5.11. The molecule has 0 saturated heterocycles. The van der Waals surface area contributed by atoms with E-state index in [9.17, 15) is 0 Å². The number of nitrogens with two attached hydrogens (primary N) is 1. The zero-order valence-corrected chi connectivity index (χ0v) is 9.33. The normalized spacial score (nSPS) is 13.2. The Balaban J connectivity index is 2.68. The molecule has 0 amide bonds. The molecular weight excluding hydrogens is 172 g/mol. The molecule has 1 aromatic heterocycles. The second-order valence-electron chi connectivity index (χ2n) is 4.43. The van der Waals surface area contributed by atoms with Crippen molar-refractivity contribution in [2.75, 3.05) is 0 Å². The van der Waals surface area contributed by atoms with Gasteiger partial charge in [-0.2, -0.15) is 0 Å². The van der Waals surface area contributed by atoms with Crippen molar-refractivity contribution in [3.8, 4) is 0 Å². The van der Waals surface area contributed by atoms with E-state index < -0.39 is 0 Å². The van der Waals surface area contributed by atoms with Crippen LogP contribution in [0.25, 0.3) is 0 Å². The number of aromatic nitrogens is 1. The second-order valence-corrected chi connectivity index (χ2v) is 4.43. The SMILES string of the molecule is CC(C)Cc1cc(C[C@H](C)N)ccn1. The van der Waals surface area contributed by atoms with Crippen LogP contribution >= 0.6 is 0 Å². The maximum Gasteiger partial charge on any atom is 0.0408 e. The van der Waals surface area contributed by atoms with Gasteiger partial charge in [-0.3, -0.25) is 4.98 Å². The third kappa shape index (κ3) is 3.88. The number of pyridine rings is 1. The van der Waals surface area contributed by atoms with Crippen molar-refractivity contribution < 1.29 is 0 Å². The van der Waals surface area contributed by atoms with Crippen LogP contribution in [0.2, 0.25) is 0 Å². The van der Waals surface area contributed by atoms with E-state index in [-0.39, 0.29) is 6.04 Å². The first kappa shape index (κ1) is 11.2. The molecule has 2 nitrogen and oxygen atoms in total. The monoisotopic (exact) mass is 192 g/mol. The van der Waals surface area contributed by atoms with Gasteiger partial charge < -0.3 is 5.73 Å². The Labute approximate surface area is 86.5 Å². The van der Waals surface area contributed by atoms with Crippen molar-refractivity contribution in [1.82, 2.24) is 4.98 Å². The molecule has 0 spiro atoms. The standard InChI is InChI=1S/C12H20N2/c1-9(2)6-12-8-11(4-5-14-12)7-10(3)13/h4-5,8-10H,6-7,13H2,1-3H3/t10-/m0/s1. The fourth-order valence-corrected chi connectivity index (χ4v) is 1.56. The van der Waals surface area contributed by atoms with Gasteiger partial charge in [0, 0.05) is 17.9 Å². The van der Waals surface area contributed by atoms with Crippen molar-refractivity contribution in [1.29, 1.82) is 0 Å². The first-order valence-corrected chi connectivity index (χ1v) is 5.27. The van der Waals surface area contributed by atoms with Gasteiger partial charge in [-0.05, 0) is 43.4 Å². The van der Waals surface area contributed by atoms with Gasteiger partial charge in [0.15, 0.2) is 0 Å². The van der Waals surface area contributed by atoms with Crippen LogP contribution in [0, 0.1) is 5.92 Å². The lowest BCUT2D eigenvalue weighted by atomic mass is 10.0. The van der Waals surface area contributed by atoms with E-state index >= 15 is 0 Å². The summed E-state index contributed by atoms with van der Waals surface area (Å²) >= 11 is 0. The van der Waals surface area contributed by atoms with Gasteiger partial charge in [-0.15, -0.1) is 0 Å². The van der Waals surface area contributed by atoms with Crippen molar-refractivity contribution in [3.63, 3.8) is 0 Å². The average molecular weight is 192 g/mol. The van der Waals surface area contributed by atoms with Gasteiger partial charge in [-0.25, -0.2) is 0 Å². The summed E-state index contributed by atoms with van der Waals surface area (Å²) in [5, 5.41) is 0. The van der Waals surface area contributed by atoms with Gasteiger partial charge in [0.2, 0.25) is 0 Å². The van der Waals surface area contributed by atoms with Gasteiger partial charge in [0.25, 0.3) is 0 Å². The lowest BCUT2D eigenvalue weighted by molar-refractivity contribution is 0.633. The highest BCUT2D eigenvalue weighted by molar-refractivity contribution is 5.17. The summed E-state index contributed by atoms with van der Waals surface area (Å²) in [6.45, 7) is 6.45. The first-order chi connectivity index (χ1) is 6.58. The van der Waals surface area contributed by atoms with E-state index in [2.05, 4.69) is 24.9 Å². The number of nitrogens with zero attached hydrogens (tertiary/aromatic N) is 1. The highest BCUT2D eigenvalue weighted by atomic mass is 14.7. The molecule has 1 aromatic rings. The van der Waals surface area contributed by atoms with Crippen LogP contribution in [0.1, 0.15) is 32.0 Å². The molecule has 2 N–H and O–H groups in total. The maximum absolute atomic E-state index is 5.76. The molecular formula is C12H20N2. The first-order valence-electron chi connectivity index (χ1n) is 5.27. The van der Waals surface area contributed by atoms with Crippen LogP contribution in [0.5, 0.6) is 0 Å². The van der Waals surface area contributed by atoms with Gasteiger partial charge in [0.05, 0.1) is 0 Å². The molecule has 0 bridgehead atoms. The Morgan fingerprint density at radius 2 is 2.00 bits per heavy atom. The zero-order valence-electron chi connectivity index (χ0n) is 9.33. The zero-order chi connectivity index (χ0) is 10.6. The van der Waals surface area contributed by atoms with Crippen molar-refractivity contribution in [2.24, 2.45) is 11.7 Å². The summed E-state index contributed by atoms with van der Waals surface area (Å²) in [5.74, 6) is 0.660. The maximum atomic E-state index is 5.76. The Bertz CT molecular complexity index is 254. The molecule has 1 heterocycles. The van der Waals surface area contributed by atoms with Crippen LogP contribution in [0.4, 0.5) is 0 Å². The smallest absolute Gasteiger partial charge is 0.0408 e. The van der Waals surface area contributed by atoms with E-state index in [1.165, 1.54) is 11.3 Å². The molecule has 0 fully saturated rings. The summed E-state index contributed by atoms with van der Waals surface area (Å²) in [6, 6.07) is 4.44. The molecule has 0 aliphatic carbocycles. The number of rotatable bonds is 4. The number of hydrogen-bond donors (Lipinski definition) is 1. The minimum absolute atomic E-state index is 0.226. The van der Waals surface area contributed by atoms with Crippen LogP contribution < -0.4 is 5.73 Å².